The van der Waals surface area contributed by atoms with Gasteiger partial charge in [0.05, 0.1) is 13.2 Å². The van der Waals surface area contributed by atoms with E-state index in [2.05, 4.69) is 4.52 Å². The van der Waals surface area contributed by atoms with Crippen LogP contribution in [0.3, 0.4) is 0 Å². The van der Waals surface area contributed by atoms with Gasteiger partial charge in [0, 0.05) is 0 Å². The van der Waals surface area contributed by atoms with Gasteiger partial charge in [-0.3, -0.25) is 4.52 Å². The molecule has 0 saturated carbocycles. The average Bonchev–Trinajstić information content (AvgIpc) is 2.85. The Morgan fingerprint density at radius 3 is 1.97 bits per heavy atom. The molecule has 9 N–H and O–H groups in total. The molecule has 2 heterocycles. The molecule has 0 radical (unpaired) electrons. The first-order chi connectivity index (χ1) is 12.5. The molecule has 164 valence electrons. The molecule has 0 aliphatic carbocycles. The van der Waals surface area contributed by atoms with Crippen molar-refractivity contribution in [3.05, 3.63) is 0 Å². The van der Waals surface area contributed by atoms with Crippen LogP contribution in [0.4, 0.5) is 0 Å². The van der Waals surface area contributed by atoms with Crippen molar-refractivity contribution in [2.75, 3.05) is 19.8 Å². The van der Waals surface area contributed by atoms with Crippen LogP contribution in [0.2, 0.25) is 0 Å². The molecule has 2 rings (SSSR count). The van der Waals surface area contributed by atoms with Crippen LogP contribution in [0.25, 0.3) is 0 Å². The van der Waals surface area contributed by atoms with Gasteiger partial charge in [-0.05, 0) is 0 Å². The van der Waals surface area contributed by atoms with Crippen LogP contribution < -0.4 is 59.1 Å². The number of rotatable bonds is 7. The largest absolute Gasteiger partial charge is 1.00 e. The van der Waals surface area contributed by atoms with E-state index < -0.39 is 82.4 Å². The molecular weight excluding hydrogens is 445 g/mol. The Morgan fingerprint density at radius 1 is 0.931 bits per heavy atom. The fourth-order valence-electron chi connectivity index (χ4n) is 2.79. The zero-order valence-electron chi connectivity index (χ0n) is 17.8. The van der Waals surface area contributed by atoms with Gasteiger partial charge in [-0.1, -0.05) is 0 Å². The predicted octanol–water partition coefficient (Wildman–Crippen LogP) is -11.0. The van der Waals surface area contributed by atoms with Crippen LogP contribution in [-0.2, 0) is 23.3 Å². The van der Waals surface area contributed by atoms with E-state index in [4.69, 9.17) is 29.1 Å². The Kier molecular flexibility index (Phi) is 13.0. The zero-order chi connectivity index (χ0) is 20.6. The second kappa shape index (κ2) is 12.3. The molecule has 2 saturated heterocycles. The topological polar surface area (TPSA) is 236 Å². The van der Waals surface area contributed by atoms with Gasteiger partial charge in [-0.2, -0.15) is 0 Å². The smallest absolute Gasteiger partial charge is 1.00 e. The van der Waals surface area contributed by atoms with E-state index in [0.717, 1.165) is 0 Å². The first kappa shape index (κ1) is 30.7. The van der Waals surface area contributed by atoms with Gasteiger partial charge in [-0.15, -0.1) is 0 Å². The second-order valence-electron chi connectivity index (χ2n) is 6.16. The third-order valence-electron chi connectivity index (χ3n) is 4.30. The van der Waals surface area contributed by atoms with E-state index in [1.165, 1.54) is 0 Å². The molecule has 0 unspecified atom stereocenters. The molecule has 0 amide bonds. The van der Waals surface area contributed by atoms with Gasteiger partial charge in [0.15, 0.2) is 6.29 Å². The molecule has 0 aromatic carbocycles. The van der Waals surface area contributed by atoms with Gasteiger partial charge in [0.1, 0.15) is 49.3 Å². The number of hydrogen-bond acceptors (Lipinski definition) is 12. The van der Waals surface area contributed by atoms with Crippen LogP contribution in [0, 0.1) is 0 Å². The summed E-state index contributed by atoms with van der Waals surface area (Å²) in [5.74, 6) is -2.35. The maximum Gasteiger partial charge on any atom is 1.00 e. The van der Waals surface area contributed by atoms with Gasteiger partial charge >= 0.3 is 66.9 Å². The van der Waals surface area contributed by atoms with Crippen molar-refractivity contribution in [2.45, 2.75) is 54.8 Å². The third kappa shape index (κ3) is 7.09. The molecule has 29 heavy (non-hydrogen) atoms. The quantitative estimate of drug-likeness (QED) is 0.124. The molecule has 9 atom stereocenters. The van der Waals surface area contributed by atoms with Crippen LogP contribution in [-0.4, -0.2) is 120 Å². The average molecular weight is 470 g/mol. The summed E-state index contributed by atoms with van der Waals surface area (Å²) in [4.78, 5) is 17.4. The number of ether oxygens (including phenoxy) is 3. The van der Waals surface area contributed by atoms with Gasteiger partial charge < -0.3 is 62.6 Å². The van der Waals surface area contributed by atoms with Crippen molar-refractivity contribution in [1.29, 1.82) is 0 Å². The molecule has 17 heteroatoms. The third-order valence-corrected chi connectivity index (χ3v) is 4.78. The minimum Gasteiger partial charge on any atom is -1.00 e. The van der Waals surface area contributed by atoms with E-state index in [1.54, 1.807) is 0 Å². The zero-order valence-corrected chi connectivity index (χ0v) is 20.6. The molecule has 0 bridgehead atoms. The number of aliphatic hydroxyl groups is 7. The minimum absolute atomic E-state index is 0. The second-order valence-corrected chi connectivity index (χ2v) is 7.40. The summed E-state index contributed by atoms with van der Waals surface area (Å²) in [7, 11) is -4.93. The molecule has 14 nitrogen and oxygen atoms in total. The Hall–Kier alpha value is 1.71. The summed E-state index contributed by atoms with van der Waals surface area (Å²) in [6, 6.07) is 0. The number of phosphoric acid groups is 1. The van der Waals surface area contributed by atoms with E-state index in [9.17, 15) is 35.2 Å². The van der Waals surface area contributed by atoms with Crippen LogP contribution in [0.1, 0.15) is 2.85 Å². The maximum absolute atomic E-state index is 10.8. The fraction of sp³-hybridized carbons (Fsp3) is 1.00. The molecule has 2 fully saturated rings. The SMILES string of the molecule is O=P(O)(O)OC[C@H]1O[C@H](O[C@]2(CO)O[C@H](CO)[C@@H](O)[C@@H]2O)[C@H](O)[C@@H](O)[C@@H]1O.[H-].[H-].[Na+].[Na+]. The van der Waals surface area contributed by atoms with Crippen LogP contribution in [0.5, 0.6) is 0 Å². The van der Waals surface area contributed by atoms with Gasteiger partial charge in [0.25, 0.3) is 0 Å². The summed E-state index contributed by atoms with van der Waals surface area (Å²) in [6.07, 6.45) is -14.0. The number of aliphatic hydroxyl groups excluding tert-OH is 7. The van der Waals surface area contributed by atoms with Gasteiger partial charge in [-0.25, -0.2) is 4.57 Å². The van der Waals surface area contributed by atoms with E-state index >= 15 is 0 Å². The molecule has 0 aromatic rings. The predicted molar refractivity (Wildman–Crippen MR) is 81.8 cm³/mol. The molecule has 2 aliphatic rings. The molecule has 0 spiro atoms. The summed E-state index contributed by atoms with van der Waals surface area (Å²) >= 11 is 0. The van der Waals surface area contributed by atoms with E-state index in [1.807, 2.05) is 0 Å². The Labute approximate surface area is 212 Å². The Bertz CT molecular complexity index is 563. The van der Waals surface area contributed by atoms with Crippen molar-refractivity contribution >= 4 is 7.82 Å². The summed E-state index contributed by atoms with van der Waals surface area (Å²) < 4.78 is 30.4. The van der Waals surface area contributed by atoms with E-state index in [-0.39, 0.29) is 62.0 Å². The maximum atomic E-state index is 10.8. The van der Waals surface area contributed by atoms with Gasteiger partial charge in [0.2, 0.25) is 5.79 Å². The summed E-state index contributed by atoms with van der Waals surface area (Å²) in [6.45, 7) is -2.69. The van der Waals surface area contributed by atoms with E-state index in [0.29, 0.717) is 0 Å². The van der Waals surface area contributed by atoms with Crippen molar-refractivity contribution in [2.24, 2.45) is 0 Å². The first-order valence-corrected chi connectivity index (χ1v) is 9.32. The summed E-state index contributed by atoms with van der Waals surface area (Å²) in [5.41, 5.74) is 0. The monoisotopic (exact) mass is 470 g/mol. The van der Waals surface area contributed by atoms with Crippen molar-refractivity contribution in [3.8, 4) is 0 Å². The Balaban J connectivity index is -0.00000196. The molecular formula is C12H25Na2O14P. The normalized spacial score (nSPS) is 42.8. The fourth-order valence-corrected chi connectivity index (χ4v) is 3.13. The molecule has 2 aliphatic heterocycles. The van der Waals surface area contributed by atoms with Crippen LogP contribution >= 0.6 is 7.82 Å². The number of hydrogen-bond donors (Lipinski definition) is 9. The minimum atomic E-state index is -4.93. The molecule has 0 aromatic heterocycles. The number of phosphoric ester groups is 1. The summed E-state index contributed by atoms with van der Waals surface area (Å²) in [5, 5.41) is 68.3. The van der Waals surface area contributed by atoms with Crippen LogP contribution in [0.15, 0.2) is 0 Å². The van der Waals surface area contributed by atoms with Crippen molar-refractivity contribution < 1.29 is 131 Å². The van der Waals surface area contributed by atoms with Crippen molar-refractivity contribution in [1.82, 2.24) is 0 Å². The standard InChI is InChI=1S/C12H23O14P.2Na.2H/c13-1-4-7(16)10(19)12(3-14,25-4)26-11-9(18)8(17)6(15)5(24-11)2-23-27(20,21)22;;;;/h4-11,13-19H,1-3H2,(H2,20,21,22);;;;/q;2*+1;2*-1/t4-,5-,6-,7-,8+,9-,10+,11-,12+;;;;/m1..../s1. The Morgan fingerprint density at radius 2 is 1.52 bits per heavy atom. The van der Waals surface area contributed by atoms with Crippen molar-refractivity contribution in [3.63, 3.8) is 0 Å². The first-order valence-electron chi connectivity index (χ1n) is 7.79.